The molecule has 2 rings (SSSR count). The maximum absolute atomic E-state index is 12.2. The smallest absolute Gasteiger partial charge is 0.257 e. The first-order valence-electron chi connectivity index (χ1n) is 6.23. The second kappa shape index (κ2) is 5.92. The van der Waals surface area contributed by atoms with Crippen LogP contribution in [0.2, 0.25) is 5.02 Å². The zero-order valence-electron chi connectivity index (χ0n) is 11.6. The van der Waals surface area contributed by atoms with Crippen LogP contribution in [0.5, 0.6) is 0 Å². The second-order valence-electron chi connectivity index (χ2n) is 4.51. The van der Waals surface area contributed by atoms with Gasteiger partial charge in [0.1, 0.15) is 5.82 Å². The van der Waals surface area contributed by atoms with Gasteiger partial charge in [0.2, 0.25) is 0 Å². The number of carbonyl (C=O) groups is 1. The first-order chi connectivity index (χ1) is 9.52. The molecule has 0 fully saturated rings. The zero-order valence-corrected chi connectivity index (χ0v) is 12.4. The number of amides is 1. The average molecular weight is 290 g/mol. The highest BCUT2D eigenvalue weighted by Gasteiger charge is 2.11. The molecule has 0 bridgehead atoms. The van der Waals surface area contributed by atoms with Gasteiger partial charge in [-0.15, -0.1) is 0 Å². The lowest BCUT2D eigenvalue weighted by molar-refractivity contribution is 0.102. The molecular weight excluding hydrogens is 274 g/mol. The van der Waals surface area contributed by atoms with Crippen LogP contribution in [0.3, 0.4) is 0 Å². The number of halogens is 1. The monoisotopic (exact) mass is 289 g/mol. The van der Waals surface area contributed by atoms with Crippen molar-refractivity contribution < 1.29 is 4.79 Å². The average Bonchev–Trinajstić information content (AvgIpc) is 2.43. The van der Waals surface area contributed by atoms with E-state index < -0.39 is 0 Å². The Kier molecular flexibility index (Phi) is 4.25. The van der Waals surface area contributed by atoms with E-state index in [1.165, 1.54) is 6.20 Å². The molecule has 0 saturated carbocycles. The van der Waals surface area contributed by atoms with Crippen molar-refractivity contribution in [2.75, 3.05) is 17.7 Å². The van der Waals surface area contributed by atoms with Gasteiger partial charge < -0.3 is 10.6 Å². The fourth-order valence-electron chi connectivity index (χ4n) is 1.83. The van der Waals surface area contributed by atoms with Gasteiger partial charge in [-0.2, -0.15) is 0 Å². The Morgan fingerprint density at radius 1 is 1.30 bits per heavy atom. The van der Waals surface area contributed by atoms with Crippen molar-refractivity contribution in [3.05, 3.63) is 52.2 Å². The molecule has 0 unspecified atom stereocenters. The fourth-order valence-corrected chi connectivity index (χ4v) is 2.09. The summed E-state index contributed by atoms with van der Waals surface area (Å²) in [6.45, 7) is 3.98. The highest BCUT2D eigenvalue weighted by atomic mass is 35.5. The molecule has 0 aliphatic rings. The third-order valence-corrected chi connectivity index (χ3v) is 3.48. The fraction of sp³-hybridized carbons (Fsp3) is 0.200. The van der Waals surface area contributed by atoms with Gasteiger partial charge >= 0.3 is 0 Å². The molecule has 5 heteroatoms. The summed E-state index contributed by atoms with van der Waals surface area (Å²) in [5.41, 5.74) is 3.40. The minimum absolute atomic E-state index is 0.226. The van der Waals surface area contributed by atoms with Crippen LogP contribution in [0.15, 0.2) is 30.5 Å². The Morgan fingerprint density at radius 3 is 2.70 bits per heavy atom. The lowest BCUT2D eigenvalue weighted by atomic mass is 10.1. The number of pyridine rings is 1. The van der Waals surface area contributed by atoms with E-state index >= 15 is 0 Å². The van der Waals surface area contributed by atoms with Gasteiger partial charge in [-0.1, -0.05) is 23.7 Å². The van der Waals surface area contributed by atoms with Crippen LogP contribution >= 0.6 is 11.6 Å². The summed E-state index contributed by atoms with van der Waals surface area (Å²) in [7, 11) is 1.73. The molecule has 0 saturated heterocycles. The summed E-state index contributed by atoms with van der Waals surface area (Å²) in [5, 5.41) is 6.14. The molecule has 2 aromatic rings. The highest BCUT2D eigenvalue weighted by Crippen LogP contribution is 2.22. The summed E-state index contributed by atoms with van der Waals surface area (Å²) in [6.07, 6.45) is 1.50. The van der Waals surface area contributed by atoms with Crippen molar-refractivity contribution in [1.82, 2.24) is 4.98 Å². The van der Waals surface area contributed by atoms with Crippen LogP contribution < -0.4 is 10.6 Å². The first kappa shape index (κ1) is 14.3. The number of rotatable bonds is 3. The summed E-state index contributed by atoms with van der Waals surface area (Å²) >= 11 is 6.03. The summed E-state index contributed by atoms with van der Waals surface area (Å²) < 4.78 is 0. The number of hydrogen-bond acceptors (Lipinski definition) is 3. The van der Waals surface area contributed by atoms with Gasteiger partial charge in [-0.3, -0.25) is 4.79 Å². The van der Waals surface area contributed by atoms with Gasteiger partial charge in [0.15, 0.2) is 0 Å². The predicted molar refractivity (Wildman–Crippen MR) is 82.7 cm³/mol. The molecule has 4 nitrogen and oxygen atoms in total. The number of nitrogens with one attached hydrogen (secondary N) is 2. The summed E-state index contributed by atoms with van der Waals surface area (Å²) in [6, 6.07) is 7.39. The second-order valence-corrected chi connectivity index (χ2v) is 4.91. The van der Waals surface area contributed by atoms with Gasteiger partial charge in [0.05, 0.1) is 10.6 Å². The van der Waals surface area contributed by atoms with E-state index in [-0.39, 0.29) is 5.91 Å². The quantitative estimate of drug-likeness (QED) is 0.907. The molecule has 0 aliphatic heterocycles. The number of aryl methyl sites for hydroxylation is 1. The SMILES string of the molecule is CNc1ncc(C(=O)Nc2cccc(C)c2C)cc1Cl. The van der Waals surface area contributed by atoms with Crippen LogP contribution in [0.4, 0.5) is 11.5 Å². The lowest BCUT2D eigenvalue weighted by Gasteiger charge is -2.11. The Hall–Kier alpha value is -2.07. The lowest BCUT2D eigenvalue weighted by Crippen LogP contribution is -2.13. The number of aromatic nitrogens is 1. The molecule has 0 spiro atoms. The molecule has 1 heterocycles. The van der Waals surface area contributed by atoms with E-state index in [0.29, 0.717) is 16.4 Å². The molecule has 0 atom stereocenters. The number of anilines is 2. The standard InChI is InChI=1S/C15H16ClN3O/c1-9-5-4-6-13(10(9)2)19-15(20)11-7-12(16)14(17-3)18-8-11/h4-8H,1-3H3,(H,17,18)(H,19,20). The predicted octanol–water partition coefficient (Wildman–Crippen LogP) is 3.65. The van der Waals surface area contributed by atoms with Crippen LogP contribution in [0, 0.1) is 13.8 Å². The van der Waals surface area contributed by atoms with Gasteiger partial charge in [0, 0.05) is 18.9 Å². The minimum Gasteiger partial charge on any atom is -0.372 e. The molecule has 20 heavy (non-hydrogen) atoms. The molecular formula is C15H16ClN3O. The number of benzene rings is 1. The highest BCUT2D eigenvalue weighted by molar-refractivity contribution is 6.33. The maximum Gasteiger partial charge on any atom is 0.257 e. The Balaban J connectivity index is 2.24. The van der Waals surface area contributed by atoms with Crippen molar-refractivity contribution in [2.24, 2.45) is 0 Å². The van der Waals surface area contributed by atoms with Crippen LogP contribution in [0.25, 0.3) is 0 Å². The van der Waals surface area contributed by atoms with Crippen molar-refractivity contribution >= 4 is 29.0 Å². The van der Waals surface area contributed by atoms with E-state index in [2.05, 4.69) is 15.6 Å². The topological polar surface area (TPSA) is 54.0 Å². The summed E-state index contributed by atoms with van der Waals surface area (Å²) in [5.74, 6) is 0.325. The first-order valence-corrected chi connectivity index (χ1v) is 6.61. The third-order valence-electron chi connectivity index (χ3n) is 3.19. The molecule has 0 aliphatic carbocycles. The molecule has 2 N–H and O–H groups in total. The largest absolute Gasteiger partial charge is 0.372 e. The number of hydrogen-bond donors (Lipinski definition) is 2. The third kappa shape index (κ3) is 2.91. The van der Waals surface area contributed by atoms with Crippen LogP contribution in [-0.4, -0.2) is 17.9 Å². The van der Waals surface area contributed by atoms with Crippen molar-refractivity contribution in [3.63, 3.8) is 0 Å². The van der Waals surface area contributed by atoms with E-state index in [9.17, 15) is 4.79 Å². The van der Waals surface area contributed by atoms with Crippen LogP contribution in [-0.2, 0) is 0 Å². The molecule has 1 amide bonds. The molecule has 0 radical (unpaired) electrons. The normalized spacial score (nSPS) is 10.2. The van der Waals surface area contributed by atoms with E-state index in [1.807, 2.05) is 32.0 Å². The van der Waals surface area contributed by atoms with Gasteiger partial charge in [-0.05, 0) is 37.1 Å². The molecule has 104 valence electrons. The Morgan fingerprint density at radius 2 is 2.05 bits per heavy atom. The summed E-state index contributed by atoms with van der Waals surface area (Å²) in [4.78, 5) is 16.3. The number of carbonyl (C=O) groups excluding carboxylic acids is 1. The van der Waals surface area contributed by atoms with Gasteiger partial charge in [0.25, 0.3) is 5.91 Å². The van der Waals surface area contributed by atoms with Crippen molar-refractivity contribution in [2.45, 2.75) is 13.8 Å². The maximum atomic E-state index is 12.2. The van der Waals surface area contributed by atoms with Crippen molar-refractivity contribution in [3.8, 4) is 0 Å². The molecule has 1 aromatic heterocycles. The molecule has 1 aromatic carbocycles. The Bertz CT molecular complexity index is 656. The van der Waals surface area contributed by atoms with Crippen molar-refractivity contribution in [1.29, 1.82) is 0 Å². The van der Waals surface area contributed by atoms with E-state index in [1.54, 1.807) is 13.1 Å². The number of nitrogens with zero attached hydrogens (tertiary/aromatic N) is 1. The Labute approximate surface area is 123 Å². The van der Waals surface area contributed by atoms with E-state index in [0.717, 1.165) is 16.8 Å². The minimum atomic E-state index is -0.226. The van der Waals surface area contributed by atoms with Gasteiger partial charge in [-0.25, -0.2) is 4.98 Å². The van der Waals surface area contributed by atoms with Crippen LogP contribution in [0.1, 0.15) is 21.5 Å². The zero-order chi connectivity index (χ0) is 14.7. The van der Waals surface area contributed by atoms with E-state index in [4.69, 9.17) is 11.6 Å².